The summed E-state index contributed by atoms with van der Waals surface area (Å²) in [5.41, 5.74) is 1.24. The van der Waals surface area contributed by atoms with Gasteiger partial charge in [-0.25, -0.2) is 0 Å². The molecule has 2 N–H and O–H groups in total. The fourth-order valence-corrected chi connectivity index (χ4v) is 2.04. The molecule has 0 saturated carbocycles. The Morgan fingerprint density at radius 3 is 3.11 bits per heavy atom. The van der Waals surface area contributed by atoms with E-state index in [4.69, 9.17) is 11.6 Å². The van der Waals surface area contributed by atoms with E-state index in [9.17, 15) is 5.11 Å². The highest BCUT2D eigenvalue weighted by molar-refractivity contribution is 6.35. The van der Waals surface area contributed by atoms with E-state index in [-0.39, 0.29) is 5.75 Å². The first-order valence-corrected chi connectivity index (χ1v) is 6.19. The van der Waals surface area contributed by atoms with Crippen LogP contribution in [0.3, 0.4) is 0 Å². The van der Waals surface area contributed by atoms with Crippen LogP contribution in [-0.4, -0.2) is 23.7 Å². The third-order valence-corrected chi connectivity index (χ3v) is 3.02. The number of phenolic OH excluding ortho intramolecular Hbond substituents is 1. The van der Waals surface area contributed by atoms with Gasteiger partial charge in [-0.15, -0.1) is 0 Å². The topological polar surface area (TPSA) is 45.2 Å². The van der Waals surface area contributed by atoms with E-state index in [1.165, 1.54) is 0 Å². The Bertz CT molecular complexity index is 581. The third-order valence-electron chi connectivity index (χ3n) is 2.70. The number of aromatic hydroxyl groups is 1. The molecule has 0 atom stereocenters. The molecule has 0 fully saturated rings. The second kappa shape index (κ2) is 5.85. The van der Waals surface area contributed by atoms with Crippen molar-refractivity contribution >= 4 is 28.6 Å². The molecular formula is C14H15ClN2O. The summed E-state index contributed by atoms with van der Waals surface area (Å²) in [5, 5.41) is 14.6. The highest BCUT2D eigenvalue weighted by Gasteiger charge is 2.08. The molecule has 0 aliphatic carbocycles. The normalized spacial score (nSPS) is 11.4. The van der Waals surface area contributed by atoms with Crippen molar-refractivity contribution in [1.82, 2.24) is 10.3 Å². The number of pyridine rings is 1. The molecule has 0 saturated heterocycles. The van der Waals surface area contributed by atoms with Gasteiger partial charge in [0.2, 0.25) is 0 Å². The first-order chi connectivity index (χ1) is 8.74. The molecule has 94 valence electrons. The predicted molar refractivity (Wildman–Crippen MR) is 76.0 cm³/mol. The molecule has 0 radical (unpaired) electrons. The van der Waals surface area contributed by atoms with Crippen LogP contribution in [0.1, 0.15) is 12.0 Å². The van der Waals surface area contributed by atoms with Crippen molar-refractivity contribution < 1.29 is 5.11 Å². The fraction of sp³-hybridized carbons (Fsp3) is 0.214. The van der Waals surface area contributed by atoms with Crippen LogP contribution >= 0.6 is 11.6 Å². The number of hydrogen-bond acceptors (Lipinski definition) is 3. The van der Waals surface area contributed by atoms with Crippen molar-refractivity contribution in [3.8, 4) is 5.75 Å². The Morgan fingerprint density at radius 1 is 1.50 bits per heavy atom. The largest absolute Gasteiger partial charge is 0.505 e. The van der Waals surface area contributed by atoms with E-state index in [0.29, 0.717) is 16.1 Å². The molecule has 0 aliphatic heterocycles. The van der Waals surface area contributed by atoms with E-state index in [1.54, 1.807) is 18.3 Å². The summed E-state index contributed by atoms with van der Waals surface area (Å²) in [6.07, 6.45) is 6.41. The number of nitrogens with zero attached hydrogens (tertiary/aromatic N) is 1. The monoisotopic (exact) mass is 262 g/mol. The van der Waals surface area contributed by atoms with Gasteiger partial charge < -0.3 is 10.4 Å². The standard InChI is InChI=1S/C14H15ClN2O/c1-16-7-3-2-5-10-9-12(15)11-6-4-8-17-13(11)14(10)18/h2,4-6,8-9,16,18H,3,7H2,1H3. The van der Waals surface area contributed by atoms with Gasteiger partial charge in [0, 0.05) is 17.1 Å². The first-order valence-electron chi connectivity index (χ1n) is 5.81. The van der Waals surface area contributed by atoms with E-state index >= 15 is 0 Å². The number of fused-ring (bicyclic) bond motifs is 1. The lowest BCUT2D eigenvalue weighted by Gasteiger charge is -2.06. The summed E-state index contributed by atoms with van der Waals surface area (Å²) in [6, 6.07) is 5.41. The smallest absolute Gasteiger partial charge is 0.149 e. The molecule has 18 heavy (non-hydrogen) atoms. The average molecular weight is 263 g/mol. The second-order valence-electron chi connectivity index (χ2n) is 3.99. The van der Waals surface area contributed by atoms with E-state index in [1.807, 2.05) is 25.3 Å². The molecule has 1 aromatic carbocycles. The molecule has 3 nitrogen and oxygen atoms in total. The van der Waals surface area contributed by atoms with Crippen LogP contribution in [0.4, 0.5) is 0 Å². The summed E-state index contributed by atoms with van der Waals surface area (Å²) in [4.78, 5) is 4.17. The van der Waals surface area contributed by atoms with Crippen molar-refractivity contribution in [3.05, 3.63) is 41.1 Å². The van der Waals surface area contributed by atoms with Gasteiger partial charge in [-0.05, 0) is 38.2 Å². The van der Waals surface area contributed by atoms with Crippen LogP contribution in [0.15, 0.2) is 30.5 Å². The van der Waals surface area contributed by atoms with Gasteiger partial charge in [0.25, 0.3) is 0 Å². The molecule has 1 heterocycles. The fourth-order valence-electron chi connectivity index (χ4n) is 1.77. The van der Waals surface area contributed by atoms with Crippen molar-refractivity contribution in [3.63, 3.8) is 0 Å². The SMILES string of the molecule is CNCCC=Cc1cc(Cl)c2cccnc2c1O. The van der Waals surface area contributed by atoms with Crippen LogP contribution in [0.2, 0.25) is 5.02 Å². The van der Waals surface area contributed by atoms with Crippen molar-refractivity contribution in [2.75, 3.05) is 13.6 Å². The van der Waals surface area contributed by atoms with Crippen molar-refractivity contribution in [1.29, 1.82) is 0 Å². The van der Waals surface area contributed by atoms with Crippen LogP contribution < -0.4 is 5.32 Å². The molecule has 4 heteroatoms. The van der Waals surface area contributed by atoms with Crippen LogP contribution in [-0.2, 0) is 0 Å². The number of aromatic nitrogens is 1. The lowest BCUT2D eigenvalue weighted by atomic mass is 10.1. The molecule has 0 bridgehead atoms. The van der Waals surface area contributed by atoms with Crippen LogP contribution in [0, 0.1) is 0 Å². The lowest BCUT2D eigenvalue weighted by Crippen LogP contribution is -2.05. The lowest BCUT2D eigenvalue weighted by molar-refractivity contribution is 0.479. The quantitative estimate of drug-likeness (QED) is 0.832. The average Bonchev–Trinajstić information content (AvgIpc) is 2.40. The molecule has 0 unspecified atom stereocenters. The number of phenols is 1. The van der Waals surface area contributed by atoms with Gasteiger partial charge >= 0.3 is 0 Å². The van der Waals surface area contributed by atoms with Crippen LogP contribution in [0.5, 0.6) is 5.75 Å². The van der Waals surface area contributed by atoms with Crippen molar-refractivity contribution in [2.24, 2.45) is 0 Å². The predicted octanol–water partition coefficient (Wildman–Crippen LogP) is 3.22. The van der Waals surface area contributed by atoms with Gasteiger partial charge in [0.15, 0.2) is 0 Å². The zero-order valence-corrected chi connectivity index (χ0v) is 10.9. The number of hydrogen-bond donors (Lipinski definition) is 2. The minimum atomic E-state index is 0.177. The van der Waals surface area contributed by atoms with Gasteiger partial charge in [-0.3, -0.25) is 4.98 Å². The summed E-state index contributed by atoms with van der Waals surface area (Å²) in [6.45, 7) is 0.900. The maximum Gasteiger partial charge on any atom is 0.149 e. The molecule has 2 aromatic rings. The third kappa shape index (κ3) is 2.63. The Hall–Kier alpha value is -1.58. The minimum Gasteiger partial charge on any atom is -0.505 e. The van der Waals surface area contributed by atoms with E-state index in [2.05, 4.69) is 10.3 Å². The summed E-state index contributed by atoms with van der Waals surface area (Å²) in [7, 11) is 1.90. The van der Waals surface area contributed by atoms with E-state index in [0.717, 1.165) is 18.4 Å². The zero-order chi connectivity index (χ0) is 13.0. The van der Waals surface area contributed by atoms with Gasteiger partial charge in [0.05, 0.1) is 5.02 Å². The maximum absolute atomic E-state index is 10.1. The molecule has 0 aliphatic rings. The molecule has 1 aromatic heterocycles. The Labute approximate surface area is 111 Å². The molecule has 2 rings (SSSR count). The van der Waals surface area contributed by atoms with Gasteiger partial charge in [0.1, 0.15) is 11.3 Å². The molecule has 0 amide bonds. The van der Waals surface area contributed by atoms with Crippen LogP contribution in [0.25, 0.3) is 17.0 Å². The van der Waals surface area contributed by atoms with Crippen molar-refractivity contribution in [2.45, 2.75) is 6.42 Å². The van der Waals surface area contributed by atoms with Gasteiger partial charge in [-0.2, -0.15) is 0 Å². The Balaban J connectivity index is 2.40. The second-order valence-corrected chi connectivity index (χ2v) is 4.40. The Morgan fingerprint density at radius 2 is 2.33 bits per heavy atom. The number of benzene rings is 1. The summed E-state index contributed by atoms with van der Waals surface area (Å²) in [5.74, 6) is 0.177. The zero-order valence-electron chi connectivity index (χ0n) is 10.2. The number of nitrogens with one attached hydrogen (secondary N) is 1. The highest BCUT2D eigenvalue weighted by atomic mass is 35.5. The van der Waals surface area contributed by atoms with E-state index < -0.39 is 0 Å². The Kier molecular flexibility index (Phi) is 4.18. The summed E-state index contributed by atoms with van der Waals surface area (Å²) >= 11 is 6.18. The number of rotatable bonds is 4. The minimum absolute atomic E-state index is 0.177. The first kappa shape index (κ1) is 12.9. The van der Waals surface area contributed by atoms with Gasteiger partial charge in [-0.1, -0.05) is 23.8 Å². The number of halogens is 1. The highest BCUT2D eigenvalue weighted by Crippen LogP contribution is 2.33. The maximum atomic E-state index is 10.1. The molecule has 0 spiro atoms. The summed E-state index contributed by atoms with van der Waals surface area (Å²) < 4.78 is 0. The molecular weight excluding hydrogens is 248 g/mol.